The predicted molar refractivity (Wildman–Crippen MR) is 133 cm³/mol. The maximum absolute atomic E-state index is 13.6. The number of fused-ring (bicyclic) bond motifs is 2. The van der Waals surface area contributed by atoms with Crippen LogP contribution in [-0.2, 0) is 6.61 Å². The Labute approximate surface area is 204 Å². The molecule has 172 valence electrons. The fourth-order valence-corrected chi connectivity index (χ4v) is 5.05. The molecule has 0 saturated heterocycles. The molecule has 0 bridgehead atoms. The van der Waals surface area contributed by atoms with E-state index in [1.807, 2.05) is 61.5 Å². The number of aryl methyl sites for hydroxylation is 1. The Morgan fingerprint density at radius 1 is 0.971 bits per heavy atom. The molecule has 1 atom stereocenters. The molecule has 35 heavy (non-hydrogen) atoms. The number of ether oxygens (including phenoxy) is 1. The summed E-state index contributed by atoms with van der Waals surface area (Å²) < 4.78 is 12.0. The SMILES string of the molecule is Cc1nnc(N2C(=O)c3oc4ccccc4c(=O)c3[C@@H]2c2cccc(OCc3ccccc3)c2)s1. The lowest BCUT2D eigenvalue weighted by molar-refractivity contribution is 0.0970. The van der Waals surface area contributed by atoms with Crippen LogP contribution < -0.4 is 15.1 Å². The highest BCUT2D eigenvalue weighted by molar-refractivity contribution is 7.15. The van der Waals surface area contributed by atoms with Crippen LogP contribution in [0.5, 0.6) is 5.75 Å². The first kappa shape index (κ1) is 21.2. The number of carbonyl (C=O) groups is 1. The summed E-state index contributed by atoms with van der Waals surface area (Å²) in [6, 6.07) is 23.5. The summed E-state index contributed by atoms with van der Waals surface area (Å²) in [5, 5.41) is 9.84. The molecule has 1 aliphatic heterocycles. The molecule has 3 heterocycles. The van der Waals surface area contributed by atoms with Crippen molar-refractivity contribution in [1.82, 2.24) is 10.2 Å². The van der Waals surface area contributed by atoms with Crippen molar-refractivity contribution in [2.75, 3.05) is 4.90 Å². The van der Waals surface area contributed by atoms with Crippen molar-refractivity contribution in [2.45, 2.75) is 19.6 Å². The highest BCUT2D eigenvalue weighted by Crippen LogP contribution is 2.42. The number of carbonyl (C=O) groups excluding carboxylic acids is 1. The summed E-state index contributed by atoms with van der Waals surface area (Å²) in [6.45, 7) is 2.22. The zero-order valence-corrected chi connectivity index (χ0v) is 19.5. The fraction of sp³-hybridized carbons (Fsp3) is 0.111. The number of anilines is 1. The Bertz CT molecular complexity index is 1630. The number of aromatic nitrogens is 2. The molecular formula is C27H19N3O4S. The van der Waals surface area contributed by atoms with Crippen molar-refractivity contribution in [3.8, 4) is 5.75 Å². The zero-order valence-electron chi connectivity index (χ0n) is 18.7. The highest BCUT2D eigenvalue weighted by Gasteiger charge is 2.45. The third-order valence-electron chi connectivity index (χ3n) is 5.92. The minimum Gasteiger partial charge on any atom is -0.489 e. The Morgan fingerprint density at radius 3 is 2.57 bits per heavy atom. The van der Waals surface area contributed by atoms with Crippen molar-refractivity contribution in [3.63, 3.8) is 0 Å². The second-order valence-electron chi connectivity index (χ2n) is 8.20. The molecule has 8 heteroatoms. The molecule has 0 saturated carbocycles. The van der Waals surface area contributed by atoms with Crippen molar-refractivity contribution in [2.24, 2.45) is 0 Å². The van der Waals surface area contributed by atoms with Gasteiger partial charge in [-0.3, -0.25) is 14.5 Å². The van der Waals surface area contributed by atoms with Crippen molar-refractivity contribution >= 4 is 33.3 Å². The van der Waals surface area contributed by atoms with Gasteiger partial charge in [-0.25, -0.2) is 0 Å². The van der Waals surface area contributed by atoms with Crippen LogP contribution in [0.4, 0.5) is 5.13 Å². The maximum Gasteiger partial charge on any atom is 0.297 e. The van der Waals surface area contributed by atoms with E-state index >= 15 is 0 Å². The summed E-state index contributed by atoms with van der Waals surface area (Å²) in [4.78, 5) is 28.7. The molecule has 0 radical (unpaired) electrons. The van der Waals surface area contributed by atoms with Crippen LogP contribution in [0.15, 0.2) is 88.1 Å². The van der Waals surface area contributed by atoms with Crippen molar-refractivity contribution in [3.05, 3.63) is 117 Å². The van der Waals surface area contributed by atoms with E-state index in [0.29, 0.717) is 39.0 Å². The molecule has 1 amide bonds. The average Bonchev–Trinajstić information content (AvgIpc) is 3.44. The van der Waals surface area contributed by atoms with E-state index in [1.54, 1.807) is 24.3 Å². The normalized spacial score (nSPS) is 14.9. The van der Waals surface area contributed by atoms with Gasteiger partial charge in [0.2, 0.25) is 10.9 Å². The first-order chi connectivity index (χ1) is 17.1. The molecule has 6 rings (SSSR count). The summed E-state index contributed by atoms with van der Waals surface area (Å²) in [5.74, 6) is 0.243. The summed E-state index contributed by atoms with van der Waals surface area (Å²) in [7, 11) is 0. The minimum atomic E-state index is -0.717. The molecule has 3 aromatic carbocycles. The van der Waals surface area contributed by atoms with Crippen LogP contribution in [0.1, 0.15) is 38.3 Å². The van der Waals surface area contributed by atoms with Gasteiger partial charge >= 0.3 is 0 Å². The highest BCUT2D eigenvalue weighted by atomic mass is 32.1. The smallest absolute Gasteiger partial charge is 0.297 e. The predicted octanol–water partition coefficient (Wildman–Crippen LogP) is 5.28. The van der Waals surface area contributed by atoms with Gasteiger partial charge < -0.3 is 9.15 Å². The van der Waals surface area contributed by atoms with E-state index in [4.69, 9.17) is 9.15 Å². The molecule has 7 nitrogen and oxygen atoms in total. The van der Waals surface area contributed by atoms with Gasteiger partial charge in [0.25, 0.3) is 5.91 Å². The minimum absolute atomic E-state index is 0.0298. The largest absolute Gasteiger partial charge is 0.489 e. The van der Waals surface area contributed by atoms with Gasteiger partial charge in [0.15, 0.2) is 5.43 Å². The zero-order chi connectivity index (χ0) is 23.9. The number of rotatable bonds is 5. The van der Waals surface area contributed by atoms with E-state index in [2.05, 4.69) is 10.2 Å². The molecule has 5 aromatic rings. The molecule has 2 aromatic heterocycles. The molecule has 0 unspecified atom stereocenters. The third kappa shape index (κ3) is 3.68. The second-order valence-corrected chi connectivity index (χ2v) is 9.36. The first-order valence-electron chi connectivity index (χ1n) is 11.1. The summed E-state index contributed by atoms with van der Waals surface area (Å²) in [6.07, 6.45) is 0. The first-order valence-corrected chi connectivity index (χ1v) is 11.9. The topological polar surface area (TPSA) is 85.5 Å². The van der Waals surface area contributed by atoms with Crippen LogP contribution in [0.2, 0.25) is 0 Å². The number of nitrogens with zero attached hydrogens (tertiary/aromatic N) is 3. The van der Waals surface area contributed by atoms with E-state index in [1.165, 1.54) is 16.2 Å². The Kier molecular flexibility index (Phi) is 5.15. The van der Waals surface area contributed by atoms with Gasteiger partial charge in [-0.2, -0.15) is 0 Å². The number of hydrogen-bond acceptors (Lipinski definition) is 7. The fourth-order valence-electron chi connectivity index (χ4n) is 4.33. The number of hydrogen-bond donors (Lipinski definition) is 0. The van der Waals surface area contributed by atoms with Gasteiger partial charge in [-0.1, -0.05) is 65.9 Å². The number of amides is 1. The van der Waals surface area contributed by atoms with Crippen LogP contribution in [0.3, 0.4) is 0 Å². The lowest BCUT2D eigenvalue weighted by atomic mass is 9.98. The quantitative estimate of drug-likeness (QED) is 0.339. The number of benzene rings is 3. The third-order valence-corrected chi connectivity index (χ3v) is 6.76. The van der Waals surface area contributed by atoms with Crippen LogP contribution in [0, 0.1) is 6.92 Å². The van der Waals surface area contributed by atoms with Gasteiger partial charge in [-0.05, 0) is 42.3 Å². The average molecular weight is 482 g/mol. The number of para-hydroxylation sites is 1. The van der Waals surface area contributed by atoms with Crippen LogP contribution in [-0.4, -0.2) is 16.1 Å². The molecule has 0 spiro atoms. The maximum atomic E-state index is 13.6. The second kappa shape index (κ2) is 8.48. The van der Waals surface area contributed by atoms with Crippen LogP contribution >= 0.6 is 11.3 Å². The van der Waals surface area contributed by atoms with Crippen molar-refractivity contribution in [1.29, 1.82) is 0 Å². The van der Waals surface area contributed by atoms with Gasteiger partial charge in [0.1, 0.15) is 22.9 Å². The van der Waals surface area contributed by atoms with E-state index in [0.717, 1.165) is 11.1 Å². The Morgan fingerprint density at radius 2 is 1.77 bits per heavy atom. The van der Waals surface area contributed by atoms with Gasteiger partial charge in [0, 0.05) is 0 Å². The summed E-state index contributed by atoms with van der Waals surface area (Å²) in [5.41, 5.74) is 2.19. The van der Waals surface area contributed by atoms with Crippen molar-refractivity contribution < 1.29 is 13.9 Å². The monoisotopic (exact) mass is 481 g/mol. The Balaban J connectivity index is 1.48. The standard InChI is InChI=1S/C27H19N3O4S/c1-16-28-29-27(35-16)30-23(18-10-7-11-19(14-18)33-15-17-8-3-2-4-9-17)22-24(31)20-12-5-6-13-21(20)34-25(22)26(30)32/h2-14,23H,15H2,1H3/t23-/m0/s1. The van der Waals surface area contributed by atoms with Crippen LogP contribution in [0.25, 0.3) is 11.0 Å². The van der Waals surface area contributed by atoms with E-state index in [9.17, 15) is 9.59 Å². The molecule has 0 fully saturated rings. The van der Waals surface area contributed by atoms with E-state index in [-0.39, 0.29) is 11.2 Å². The van der Waals surface area contributed by atoms with Gasteiger partial charge in [0.05, 0.1) is 17.0 Å². The molecular weight excluding hydrogens is 462 g/mol. The summed E-state index contributed by atoms with van der Waals surface area (Å²) >= 11 is 1.29. The molecule has 0 aliphatic carbocycles. The van der Waals surface area contributed by atoms with Gasteiger partial charge in [-0.15, -0.1) is 10.2 Å². The lowest BCUT2D eigenvalue weighted by Crippen LogP contribution is -2.29. The van der Waals surface area contributed by atoms with E-state index < -0.39 is 11.9 Å². The lowest BCUT2D eigenvalue weighted by Gasteiger charge is -2.22. The molecule has 0 N–H and O–H groups in total. The molecule has 1 aliphatic rings. The Hall–Kier alpha value is -4.30.